The normalized spacial score (nSPS) is 35.4. The van der Waals surface area contributed by atoms with Crippen molar-refractivity contribution in [1.29, 1.82) is 0 Å². The van der Waals surface area contributed by atoms with Crippen LogP contribution in [0.5, 0.6) is 0 Å². The molecule has 5 atom stereocenters. The maximum Gasteiger partial charge on any atom is 0.303 e. The molecular weight excluding hydrogens is 320 g/mol. The molecule has 0 aromatic rings. The predicted octanol–water partition coefficient (Wildman–Crippen LogP) is 3.27. The van der Waals surface area contributed by atoms with E-state index >= 15 is 0 Å². The molecule has 1 saturated carbocycles. The minimum atomic E-state index is -3.51. The molecule has 0 heterocycles. The molecule has 0 bridgehead atoms. The summed E-state index contributed by atoms with van der Waals surface area (Å²) in [5.74, 6) is -1.73. The molecule has 25 heavy (non-hydrogen) atoms. The minimum Gasteiger partial charge on any atom is -0.481 e. The van der Waals surface area contributed by atoms with Gasteiger partial charge in [0.1, 0.15) is 0 Å². The Labute approximate surface area is 164 Å². The number of hydrogen-bond donors (Lipinski definition) is 4. The number of unbranched alkanes of at least 4 members (excludes halogenated alkanes) is 3. The van der Waals surface area contributed by atoms with Crippen LogP contribution in [-0.2, 0) is 4.79 Å². The van der Waals surface area contributed by atoms with E-state index in [9.17, 15) is 20.1 Å². The highest BCUT2D eigenvalue weighted by Crippen LogP contribution is 2.37. The van der Waals surface area contributed by atoms with Crippen LogP contribution in [0.2, 0.25) is 0 Å². The first kappa shape index (κ1) is 11.7. The highest BCUT2D eigenvalue weighted by Gasteiger charge is 2.39. The molecule has 0 aromatic carbocycles. The Morgan fingerprint density at radius 1 is 1.24 bits per heavy atom. The zero-order valence-corrected chi connectivity index (χ0v) is 14.4. The zero-order valence-electron chi connectivity index (χ0n) is 23.4. The second-order valence-electron chi connectivity index (χ2n) is 6.54. The van der Waals surface area contributed by atoms with E-state index in [-0.39, 0.29) is 18.8 Å². The van der Waals surface area contributed by atoms with Crippen LogP contribution >= 0.6 is 0 Å². The molecule has 0 aliphatic heterocycles. The third-order valence-electron chi connectivity index (χ3n) is 4.61. The Hall–Kier alpha value is -0.910. The van der Waals surface area contributed by atoms with Gasteiger partial charge >= 0.3 is 5.97 Å². The second-order valence-corrected chi connectivity index (χ2v) is 6.54. The summed E-state index contributed by atoms with van der Waals surface area (Å²) in [6.45, 7) is -3.42. The van der Waals surface area contributed by atoms with Crippen molar-refractivity contribution in [3.63, 3.8) is 0 Å². The number of carboxylic acid groups (broad SMARTS) is 1. The fraction of sp³-hybridized carbons (Fsp3) is 0.850. The lowest BCUT2D eigenvalue weighted by molar-refractivity contribution is -0.137. The van der Waals surface area contributed by atoms with E-state index in [4.69, 9.17) is 17.4 Å². The van der Waals surface area contributed by atoms with Crippen molar-refractivity contribution in [2.24, 2.45) is 11.8 Å². The third kappa shape index (κ3) is 8.84. The zero-order chi connectivity index (χ0) is 26.5. The topological polar surface area (TPSA) is 98.0 Å². The smallest absolute Gasteiger partial charge is 0.303 e. The first-order valence-corrected chi connectivity index (χ1v) is 8.79. The number of carboxylic acids is 1. The van der Waals surface area contributed by atoms with Gasteiger partial charge in [0.25, 0.3) is 0 Å². The number of aliphatic carboxylic acids is 1. The molecule has 146 valence electrons. The van der Waals surface area contributed by atoms with Gasteiger partial charge in [0.05, 0.1) is 18.3 Å². The second kappa shape index (κ2) is 12.4. The highest BCUT2D eigenvalue weighted by atomic mass is 16.4. The van der Waals surface area contributed by atoms with Gasteiger partial charge < -0.3 is 20.4 Å². The van der Waals surface area contributed by atoms with Crippen LogP contribution in [0.3, 0.4) is 0 Å². The standard InChI is InChI=1S/C20H36O5/c1-2-3-6-9-15(21)12-13-17-16(18(22)14-19(17)23)10-7-4-5-8-11-20(24)25/h12-13,15-19,21-23H,2-11,14H2,1H3,(H,24,25)/b13-12+/t15-,16-,17+,18-,19+/m0/s1/i1D3,2D2,3D2,6D2. The van der Waals surface area contributed by atoms with Crippen molar-refractivity contribution in [3.05, 3.63) is 12.2 Å². The SMILES string of the molecule is [2H]C([2H])([2H])C([2H])([2H])C([2H])([2H])C([2H])([2H])C[C@H](O)/C=C/[C@@H]1[C@H](CCCCCCC(=O)O)[C@@H](O)C[C@H]1O. The quantitative estimate of drug-likeness (QED) is 0.297. The molecule has 0 radical (unpaired) electrons. The molecule has 1 aliphatic rings. The van der Waals surface area contributed by atoms with Crippen LogP contribution in [0.15, 0.2) is 12.2 Å². The summed E-state index contributed by atoms with van der Waals surface area (Å²) in [6.07, 6.45) is -8.06. The van der Waals surface area contributed by atoms with Crippen LogP contribution in [0.1, 0.15) is 89.7 Å². The number of rotatable bonds is 13. The average Bonchev–Trinajstić information content (AvgIpc) is 2.93. The maximum absolute atomic E-state index is 10.5. The molecule has 0 saturated heterocycles. The number of aliphatic hydroxyl groups excluding tert-OH is 3. The summed E-state index contributed by atoms with van der Waals surface area (Å²) in [4.78, 5) is 10.5. The van der Waals surface area contributed by atoms with E-state index in [0.29, 0.717) is 19.3 Å². The Balaban J connectivity index is 2.78. The van der Waals surface area contributed by atoms with Crippen molar-refractivity contribution in [3.8, 4) is 0 Å². The van der Waals surface area contributed by atoms with Gasteiger partial charge in [-0.2, -0.15) is 0 Å². The molecule has 0 spiro atoms. The van der Waals surface area contributed by atoms with Gasteiger partial charge in [-0.15, -0.1) is 0 Å². The first-order valence-electron chi connectivity index (χ1n) is 13.3. The first-order chi connectivity index (χ1) is 15.3. The summed E-state index contributed by atoms with van der Waals surface area (Å²) in [7, 11) is 0. The maximum atomic E-state index is 10.5. The Morgan fingerprint density at radius 2 is 2.00 bits per heavy atom. The van der Waals surface area contributed by atoms with Gasteiger partial charge in [-0.1, -0.05) is 57.4 Å². The summed E-state index contributed by atoms with van der Waals surface area (Å²) >= 11 is 0. The van der Waals surface area contributed by atoms with Crippen molar-refractivity contribution >= 4 is 5.97 Å². The van der Waals surface area contributed by atoms with E-state index in [1.54, 1.807) is 0 Å². The Kier molecular flexibility index (Phi) is 5.84. The van der Waals surface area contributed by atoms with Crippen molar-refractivity contribution < 1.29 is 37.6 Å². The van der Waals surface area contributed by atoms with E-state index in [1.165, 1.54) is 6.08 Å². The highest BCUT2D eigenvalue weighted by molar-refractivity contribution is 5.66. The van der Waals surface area contributed by atoms with Crippen LogP contribution in [0.4, 0.5) is 0 Å². The fourth-order valence-corrected chi connectivity index (χ4v) is 3.31. The molecule has 0 unspecified atom stereocenters. The lowest BCUT2D eigenvalue weighted by Gasteiger charge is -2.21. The van der Waals surface area contributed by atoms with Crippen LogP contribution in [0, 0.1) is 11.8 Å². The number of aliphatic hydroxyl groups is 3. The van der Waals surface area contributed by atoms with E-state index < -0.39 is 62.6 Å². The Bertz CT molecular complexity index is 696. The lowest BCUT2D eigenvalue weighted by Crippen LogP contribution is -2.21. The number of hydrogen-bond acceptors (Lipinski definition) is 4. The summed E-state index contributed by atoms with van der Waals surface area (Å²) in [6, 6.07) is 0. The largest absolute Gasteiger partial charge is 0.481 e. The Morgan fingerprint density at radius 3 is 2.72 bits per heavy atom. The van der Waals surface area contributed by atoms with Gasteiger partial charge in [-0.05, 0) is 25.2 Å². The van der Waals surface area contributed by atoms with Crippen molar-refractivity contribution in [1.82, 2.24) is 0 Å². The van der Waals surface area contributed by atoms with Crippen molar-refractivity contribution in [2.75, 3.05) is 0 Å². The monoisotopic (exact) mass is 365 g/mol. The molecule has 1 rings (SSSR count). The van der Waals surface area contributed by atoms with Crippen LogP contribution in [-0.4, -0.2) is 44.7 Å². The minimum absolute atomic E-state index is 0.0906. The molecular formula is C20H36O5. The van der Waals surface area contributed by atoms with Gasteiger partial charge in [0.15, 0.2) is 0 Å². The van der Waals surface area contributed by atoms with Crippen LogP contribution in [0.25, 0.3) is 0 Å². The summed E-state index contributed by atoms with van der Waals surface area (Å²) < 4.78 is 68.5. The summed E-state index contributed by atoms with van der Waals surface area (Å²) in [5, 5.41) is 39.5. The molecule has 1 fully saturated rings. The van der Waals surface area contributed by atoms with Crippen molar-refractivity contribution in [2.45, 2.75) is 95.6 Å². The fourth-order valence-electron chi connectivity index (χ4n) is 3.31. The molecule has 4 N–H and O–H groups in total. The van der Waals surface area contributed by atoms with E-state index in [2.05, 4.69) is 0 Å². The van der Waals surface area contributed by atoms with Gasteiger partial charge in [0, 0.05) is 31.1 Å². The third-order valence-corrected chi connectivity index (χ3v) is 4.61. The number of carbonyl (C=O) groups is 1. The van der Waals surface area contributed by atoms with Gasteiger partial charge in [-0.3, -0.25) is 4.79 Å². The van der Waals surface area contributed by atoms with Gasteiger partial charge in [0.2, 0.25) is 0 Å². The predicted molar refractivity (Wildman–Crippen MR) is 98.2 cm³/mol. The van der Waals surface area contributed by atoms with E-state index in [1.807, 2.05) is 0 Å². The van der Waals surface area contributed by atoms with Gasteiger partial charge in [-0.25, -0.2) is 0 Å². The lowest BCUT2D eigenvalue weighted by atomic mass is 9.88. The molecule has 5 heteroatoms. The molecule has 0 amide bonds. The van der Waals surface area contributed by atoms with Crippen LogP contribution < -0.4 is 0 Å². The summed E-state index contributed by atoms with van der Waals surface area (Å²) in [5.41, 5.74) is 0. The molecule has 0 aromatic heterocycles. The average molecular weight is 366 g/mol. The molecule has 1 aliphatic carbocycles. The van der Waals surface area contributed by atoms with E-state index in [0.717, 1.165) is 18.9 Å². The molecule has 5 nitrogen and oxygen atoms in total.